The molecule has 1 saturated heterocycles. The van der Waals surface area contributed by atoms with Crippen LogP contribution in [0.3, 0.4) is 0 Å². The van der Waals surface area contributed by atoms with E-state index in [-0.39, 0.29) is 14.9 Å². The lowest BCUT2D eigenvalue weighted by atomic mass is 10.1. The molecule has 156 valence electrons. The number of nitrogens with zero attached hydrogens (tertiary/aromatic N) is 1. The summed E-state index contributed by atoms with van der Waals surface area (Å²) >= 11 is 6.18. The molecular formula is C20H15F3N2O3S2. The number of methoxy groups -OCH3 is 1. The van der Waals surface area contributed by atoms with Gasteiger partial charge in [0.15, 0.2) is 0 Å². The minimum Gasteiger partial charge on any atom is -0.496 e. The fourth-order valence-electron chi connectivity index (χ4n) is 2.74. The van der Waals surface area contributed by atoms with Crippen molar-refractivity contribution in [2.45, 2.75) is 6.18 Å². The fraction of sp³-hybridized carbons (Fsp3) is 0.150. The SMILES string of the molecule is COc1ccccc1/C=C1\SC(=S)N(CC(=O)Nc2ccccc2C(F)(F)F)C1=O. The molecule has 3 rings (SSSR count). The highest BCUT2D eigenvalue weighted by Gasteiger charge is 2.36. The first kappa shape index (κ1) is 21.8. The molecule has 0 aliphatic carbocycles. The van der Waals surface area contributed by atoms with Gasteiger partial charge in [0.2, 0.25) is 5.91 Å². The first-order valence-electron chi connectivity index (χ1n) is 8.55. The molecule has 0 radical (unpaired) electrons. The van der Waals surface area contributed by atoms with Crippen LogP contribution >= 0.6 is 24.0 Å². The molecule has 1 heterocycles. The van der Waals surface area contributed by atoms with E-state index in [4.69, 9.17) is 17.0 Å². The maximum absolute atomic E-state index is 13.1. The van der Waals surface area contributed by atoms with Crippen LogP contribution in [0.15, 0.2) is 53.4 Å². The number of hydrogen-bond donors (Lipinski definition) is 1. The van der Waals surface area contributed by atoms with Crippen LogP contribution in [0.2, 0.25) is 0 Å². The molecule has 2 aromatic rings. The Kier molecular flexibility index (Phi) is 6.47. The molecular weight excluding hydrogens is 437 g/mol. The first-order valence-corrected chi connectivity index (χ1v) is 9.77. The number of benzene rings is 2. The number of para-hydroxylation sites is 2. The highest BCUT2D eigenvalue weighted by atomic mass is 32.2. The molecule has 1 aliphatic rings. The van der Waals surface area contributed by atoms with E-state index in [0.717, 1.165) is 28.8 Å². The van der Waals surface area contributed by atoms with Crippen LogP contribution < -0.4 is 10.1 Å². The van der Waals surface area contributed by atoms with Crippen molar-refractivity contribution in [1.29, 1.82) is 0 Å². The van der Waals surface area contributed by atoms with E-state index < -0.39 is 30.1 Å². The number of alkyl halides is 3. The number of ether oxygens (including phenoxy) is 1. The minimum absolute atomic E-state index is 0.139. The van der Waals surface area contributed by atoms with Gasteiger partial charge in [-0.3, -0.25) is 14.5 Å². The molecule has 10 heteroatoms. The maximum Gasteiger partial charge on any atom is 0.418 e. The number of rotatable bonds is 5. The molecule has 1 aliphatic heterocycles. The van der Waals surface area contributed by atoms with Crippen LogP contribution in [0.4, 0.5) is 18.9 Å². The van der Waals surface area contributed by atoms with E-state index >= 15 is 0 Å². The average Bonchev–Trinajstić information content (AvgIpc) is 2.95. The lowest BCUT2D eigenvalue weighted by Crippen LogP contribution is -2.36. The van der Waals surface area contributed by atoms with Crippen molar-refractivity contribution in [3.05, 3.63) is 64.6 Å². The van der Waals surface area contributed by atoms with Gasteiger partial charge in [-0.1, -0.05) is 54.3 Å². The van der Waals surface area contributed by atoms with Crippen LogP contribution in [0.1, 0.15) is 11.1 Å². The topological polar surface area (TPSA) is 58.6 Å². The van der Waals surface area contributed by atoms with Crippen molar-refractivity contribution >= 4 is 51.9 Å². The third-order valence-electron chi connectivity index (χ3n) is 4.11. The molecule has 0 saturated carbocycles. The highest BCUT2D eigenvalue weighted by molar-refractivity contribution is 8.26. The summed E-state index contributed by atoms with van der Waals surface area (Å²) in [6, 6.07) is 11.7. The lowest BCUT2D eigenvalue weighted by Gasteiger charge is -2.16. The molecule has 0 unspecified atom stereocenters. The quantitative estimate of drug-likeness (QED) is 0.533. The molecule has 1 fully saturated rings. The van der Waals surface area contributed by atoms with Gasteiger partial charge in [-0.2, -0.15) is 13.2 Å². The van der Waals surface area contributed by atoms with Crippen molar-refractivity contribution in [2.24, 2.45) is 0 Å². The van der Waals surface area contributed by atoms with Gasteiger partial charge < -0.3 is 10.1 Å². The van der Waals surface area contributed by atoms with Crippen LogP contribution in [0.5, 0.6) is 5.75 Å². The summed E-state index contributed by atoms with van der Waals surface area (Å²) in [5.74, 6) is -0.735. The van der Waals surface area contributed by atoms with Crippen molar-refractivity contribution in [3.63, 3.8) is 0 Å². The Morgan fingerprint density at radius 2 is 1.87 bits per heavy atom. The molecule has 30 heavy (non-hydrogen) atoms. The minimum atomic E-state index is -4.62. The molecule has 2 aromatic carbocycles. The zero-order valence-electron chi connectivity index (χ0n) is 15.5. The van der Waals surface area contributed by atoms with E-state index in [1.165, 1.54) is 19.2 Å². The second-order valence-electron chi connectivity index (χ2n) is 6.10. The van der Waals surface area contributed by atoms with Gasteiger partial charge in [0.05, 0.1) is 23.3 Å². The van der Waals surface area contributed by atoms with Crippen molar-refractivity contribution < 1.29 is 27.5 Å². The number of carbonyl (C=O) groups excluding carboxylic acids is 2. The van der Waals surface area contributed by atoms with Crippen LogP contribution in [-0.2, 0) is 15.8 Å². The van der Waals surface area contributed by atoms with E-state index in [9.17, 15) is 22.8 Å². The fourth-order valence-corrected chi connectivity index (χ4v) is 3.98. The van der Waals surface area contributed by atoms with Crippen LogP contribution in [0.25, 0.3) is 6.08 Å². The number of thioether (sulfide) groups is 1. The van der Waals surface area contributed by atoms with E-state index in [0.29, 0.717) is 11.3 Å². The first-order chi connectivity index (χ1) is 14.2. The zero-order valence-corrected chi connectivity index (χ0v) is 17.2. The second-order valence-corrected chi connectivity index (χ2v) is 7.78. The predicted octanol–water partition coefficient (Wildman–Crippen LogP) is 4.55. The third-order valence-corrected chi connectivity index (χ3v) is 5.49. The predicted molar refractivity (Wildman–Crippen MR) is 113 cm³/mol. The normalized spacial score (nSPS) is 15.6. The largest absolute Gasteiger partial charge is 0.496 e. The average molecular weight is 452 g/mol. The van der Waals surface area contributed by atoms with E-state index in [1.54, 1.807) is 30.3 Å². The van der Waals surface area contributed by atoms with Gasteiger partial charge in [0.1, 0.15) is 16.6 Å². The van der Waals surface area contributed by atoms with Gasteiger partial charge in [0.25, 0.3) is 5.91 Å². The zero-order chi connectivity index (χ0) is 21.9. The van der Waals surface area contributed by atoms with E-state index in [1.807, 2.05) is 0 Å². The number of hydrogen-bond acceptors (Lipinski definition) is 5. The molecule has 0 atom stereocenters. The van der Waals surface area contributed by atoms with Gasteiger partial charge in [-0.05, 0) is 24.3 Å². The van der Waals surface area contributed by atoms with Crippen molar-refractivity contribution in [1.82, 2.24) is 4.90 Å². The lowest BCUT2D eigenvalue weighted by molar-refractivity contribution is -0.137. The Morgan fingerprint density at radius 3 is 2.57 bits per heavy atom. The Morgan fingerprint density at radius 1 is 1.20 bits per heavy atom. The summed E-state index contributed by atoms with van der Waals surface area (Å²) in [5, 5.41) is 2.21. The van der Waals surface area contributed by atoms with Gasteiger partial charge in [-0.25, -0.2) is 0 Å². The van der Waals surface area contributed by atoms with Gasteiger partial charge in [-0.15, -0.1) is 0 Å². The van der Waals surface area contributed by atoms with Gasteiger partial charge >= 0.3 is 6.18 Å². The summed E-state index contributed by atoms with van der Waals surface area (Å²) in [5.41, 5.74) is -0.700. The molecule has 0 bridgehead atoms. The summed E-state index contributed by atoms with van der Waals surface area (Å²) in [4.78, 5) is 26.3. The smallest absolute Gasteiger partial charge is 0.418 e. The Hall–Kier alpha value is -2.85. The Bertz CT molecular complexity index is 1040. The number of halogens is 3. The molecule has 0 aromatic heterocycles. The van der Waals surface area contributed by atoms with Crippen molar-refractivity contribution in [2.75, 3.05) is 19.0 Å². The van der Waals surface area contributed by atoms with Crippen LogP contribution in [-0.4, -0.2) is 34.7 Å². The van der Waals surface area contributed by atoms with E-state index in [2.05, 4.69) is 5.32 Å². The summed E-state index contributed by atoms with van der Waals surface area (Å²) in [6.45, 7) is -0.500. The maximum atomic E-state index is 13.1. The standard InChI is InChI=1S/C20H15F3N2O3S2/c1-28-15-9-5-2-6-12(15)10-16-18(27)25(19(29)30-16)11-17(26)24-14-8-4-3-7-13(14)20(21,22)23/h2-10H,11H2,1H3,(H,24,26)/b16-10-. The monoisotopic (exact) mass is 452 g/mol. The number of thiocarbonyl (C=S) groups is 1. The Balaban J connectivity index is 1.75. The second kappa shape index (κ2) is 8.88. The highest BCUT2D eigenvalue weighted by Crippen LogP contribution is 2.36. The molecule has 0 spiro atoms. The summed E-state index contributed by atoms with van der Waals surface area (Å²) in [7, 11) is 1.50. The number of nitrogens with one attached hydrogen (secondary N) is 1. The number of amides is 2. The molecule has 5 nitrogen and oxygen atoms in total. The molecule has 1 N–H and O–H groups in total. The Labute approximate surface area is 179 Å². The van der Waals surface area contributed by atoms with Crippen LogP contribution in [0, 0.1) is 0 Å². The van der Waals surface area contributed by atoms with Gasteiger partial charge in [0, 0.05) is 5.56 Å². The number of carbonyl (C=O) groups is 2. The number of anilines is 1. The van der Waals surface area contributed by atoms with Crippen molar-refractivity contribution in [3.8, 4) is 5.75 Å². The summed E-state index contributed by atoms with van der Waals surface area (Å²) in [6.07, 6.45) is -3.03. The summed E-state index contributed by atoms with van der Waals surface area (Å²) < 4.78 is 44.7. The molecule has 2 amide bonds. The third kappa shape index (κ3) is 4.82.